The van der Waals surface area contributed by atoms with E-state index in [2.05, 4.69) is 11.8 Å². The Bertz CT molecular complexity index is 476. The van der Waals surface area contributed by atoms with Crippen molar-refractivity contribution < 1.29 is 9.90 Å². The Morgan fingerprint density at radius 1 is 1.32 bits per heavy atom. The predicted octanol–water partition coefficient (Wildman–Crippen LogP) is 2.50. The minimum absolute atomic E-state index is 0.0620. The molecule has 1 fully saturated rings. The predicted molar refractivity (Wildman–Crippen MR) is 77.3 cm³/mol. The molecular weight excluding hydrogens is 258 g/mol. The number of aliphatic hydroxyl groups is 1. The van der Waals surface area contributed by atoms with E-state index in [9.17, 15) is 4.79 Å². The van der Waals surface area contributed by atoms with Crippen LogP contribution in [0.4, 0.5) is 0 Å². The number of rotatable bonds is 2. The molecule has 1 aromatic rings. The molecule has 0 spiro atoms. The zero-order valence-corrected chi connectivity index (χ0v) is 11.8. The largest absolute Gasteiger partial charge is 0.395 e. The monoisotopic (exact) mass is 277 g/mol. The third kappa shape index (κ3) is 3.82. The first-order valence-corrected chi connectivity index (χ1v) is 7.67. The first-order chi connectivity index (χ1) is 9.33. The standard InChI is InChI=1S/C15H19NO2S/c17-11-6-3-7-13-8-12-19-14(13)15(18)16-9-4-1-2-5-10-16/h8,12,17H,1-2,4-6,9-11H2. The van der Waals surface area contributed by atoms with Gasteiger partial charge in [0, 0.05) is 25.1 Å². The molecule has 19 heavy (non-hydrogen) atoms. The molecule has 1 N–H and O–H groups in total. The second-order valence-corrected chi connectivity index (χ2v) is 5.56. The summed E-state index contributed by atoms with van der Waals surface area (Å²) >= 11 is 1.46. The molecule has 0 aromatic carbocycles. The highest BCUT2D eigenvalue weighted by Gasteiger charge is 2.20. The van der Waals surface area contributed by atoms with Crippen molar-refractivity contribution in [2.45, 2.75) is 32.1 Å². The minimum atomic E-state index is 0.0620. The van der Waals surface area contributed by atoms with Gasteiger partial charge < -0.3 is 10.0 Å². The third-order valence-corrected chi connectivity index (χ3v) is 4.12. The highest BCUT2D eigenvalue weighted by molar-refractivity contribution is 7.12. The third-order valence-electron chi connectivity index (χ3n) is 3.21. The molecule has 1 aliphatic heterocycles. The van der Waals surface area contributed by atoms with Gasteiger partial charge in [0.1, 0.15) is 4.88 Å². The highest BCUT2D eigenvalue weighted by atomic mass is 32.1. The fourth-order valence-electron chi connectivity index (χ4n) is 2.20. The van der Waals surface area contributed by atoms with Crippen LogP contribution in [0, 0.1) is 11.8 Å². The molecule has 1 amide bonds. The summed E-state index contributed by atoms with van der Waals surface area (Å²) < 4.78 is 0. The SMILES string of the molecule is O=C(c1sccc1C#CCCO)N1CCCCCC1. The molecule has 0 unspecified atom stereocenters. The highest BCUT2D eigenvalue weighted by Crippen LogP contribution is 2.20. The van der Waals surface area contributed by atoms with Gasteiger partial charge in [0.15, 0.2) is 0 Å². The van der Waals surface area contributed by atoms with Gasteiger partial charge in [-0.25, -0.2) is 0 Å². The molecular formula is C15H19NO2S. The zero-order chi connectivity index (χ0) is 13.5. The molecule has 2 rings (SSSR count). The van der Waals surface area contributed by atoms with Gasteiger partial charge in [0.25, 0.3) is 5.91 Å². The second kappa shape index (κ2) is 7.32. The Hall–Kier alpha value is -1.31. The van der Waals surface area contributed by atoms with Crippen molar-refractivity contribution in [3.63, 3.8) is 0 Å². The van der Waals surface area contributed by atoms with Crippen molar-refractivity contribution in [3.8, 4) is 11.8 Å². The van der Waals surface area contributed by atoms with E-state index in [1.165, 1.54) is 24.2 Å². The number of nitrogens with zero attached hydrogens (tertiary/aromatic N) is 1. The summed E-state index contributed by atoms with van der Waals surface area (Å²) in [6.45, 7) is 1.78. The molecule has 1 aliphatic rings. The van der Waals surface area contributed by atoms with Crippen molar-refractivity contribution >= 4 is 17.2 Å². The maximum absolute atomic E-state index is 12.5. The van der Waals surface area contributed by atoms with Crippen molar-refractivity contribution in [2.24, 2.45) is 0 Å². The van der Waals surface area contributed by atoms with Crippen LogP contribution in [0.1, 0.15) is 47.3 Å². The van der Waals surface area contributed by atoms with E-state index >= 15 is 0 Å². The molecule has 1 saturated heterocycles. The summed E-state index contributed by atoms with van der Waals surface area (Å²) in [6, 6.07) is 1.89. The van der Waals surface area contributed by atoms with E-state index in [0.29, 0.717) is 6.42 Å². The number of amides is 1. The Balaban J connectivity index is 2.10. The Morgan fingerprint density at radius 3 is 2.74 bits per heavy atom. The lowest BCUT2D eigenvalue weighted by atomic mass is 10.2. The number of thiophene rings is 1. The number of likely N-dealkylation sites (tertiary alicyclic amines) is 1. The van der Waals surface area contributed by atoms with E-state index in [4.69, 9.17) is 5.11 Å². The number of hydrogen-bond donors (Lipinski definition) is 1. The summed E-state index contributed by atoms with van der Waals surface area (Å²) in [7, 11) is 0. The van der Waals surface area contributed by atoms with Crippen LogP contribution in [0.15, 0.2) is 11.4 Å². The number of carbonyl (C=O) groups excluding carboxylic acids is 1. The van der Waals surface area contributed by atoms with Crippen LogP contribution in [-0.2, 0) is 0 Å². The van der Waals surface area contributed by atoms with Crippen LogP contribution in [-0.4, -0.2) is 35.6 Å². The lowest BCUT2D eigenvalue weighted by Gasteiger charge is -2.19. The van der Waals surface area contributed by atoms with Gasteiger partial charge in [-0.2, -0.15) is 0 Å². The summed E-state index contributed by atoms with van der Waals surface area (Å²) in [5.41, 5.74) is 0.799. The topological polar surface area (TPSA) is 40.5 Å². The maximum Gasteiger partial charge on any atom is 0.265 e. The van der Waals surface area contributed by atoms with Gasteiger partial charge >= 0.3 is 0 Å². The van der Waals surface area contributed by atoms with E-state index in [1.54, 1.807) is 0 Å². The molecule has 0 bridgehead atoms. The lowest BCUT2D eigenvalue weighted by Crippen LogP contribution is -2.31. The number of carbonyl (C=O) groups is 1. The van der Waals surface area contributed by atoms with Crippen molar-refractivity contribution in [1.29, 1.82) is 0 Å². The molecule has 0 atom stereocenters. The van der Waals surface area contributed by atoms with Crippen molar-refractivity contribution in [2.75, 3.05) is 19.7 Å². The smallest absolute Gasteiger partial charge is 0.265 e. The molecule has 4 heteroatoms. The Morgan fingerprint density at radius 2 is 2.05 bits per heavy atom. The quantitative estimate of drug-likeness (QED) is 0.844. The first kappa shape index (κ1) is 14.1. The average Bonchev–Trinajstić information content (AvgIpc) is 2.72. The fourth-order valence-corrected chi connectivity index (χ4v) is 3.02. The van der Waals surface area contributed by atoms with E-state index < -0.39 is 0 Å². The lowest BCUT2D eigenvalue weighted by molar-refractivity contribution is 0.0766. The fraction of sp³-hybridized carbons (Fsp3) is 0.533. The van der Waals surface area contributed by atoms with E-state index in [0.717, 1.165) is 36.4 Å². The summed E-state index contributed by atoms with van der Waals surface area (Å²) in [6.07, 6.45) is 5.09. The van der Waals surface area contributed by atoms with Crippen LogP contribution in [0.25, 0.3) is 0 Å². The van der Waals surface area contributed by atoms with Gasteiger partial charge in [0.05, 0.1) is 6.61 Å². The molecule has 3 nitrogen and oxygen atoms in total. The second-order valence-electron chi connectivity index (χ2n) is 4.65. The van der Waals surface area contributed by atoms with Crippen molar-refractivity contribution in [1.82, 2.24) is 4.90 Å². The molecule has 0 saturated carbocycles. The first-order valence-electron chi connectivity index (χ1n) is 6.79. The Labute approximate surface area is 118 Å². The average molecular weight is 277 g/mol. The van der Waals surface area contributed by atoms with Gasteiger partial charge in [-0.1, -0.05) is 24.7 Å². The summed E-state index contributed by atoms with van der Waals surface area (Å²) in [4.78, 5) is 15.2. The Kier molecular flexibility index (Phi) is 5.44. The molecule has 102 valence electrons. The van der Waals surface area contributed by atoms with Gasteiger partial charge in [0.2, 0.25) is 0 Å². The van der Waals surface area contributed by atoms with Gasteiger partial charge in [-0.3, -0.25) is 4.79 Å². The summed E-state index contributed by atoms with van der Waals surface area (Å²) in [5, 5.41) is 10.6. The minimum Gasteiger partial charge on any atom is -0.395 e. The summed E-state index contributed by atoms with van der Waals surface area (Å²) in [5.74, 6) is 5.98. The van der Waals surface area contributed by atoms with Crippen LogP contribution in [0.5, 0.6) is 0 Å². The molecule has 2 heterocycles. The van der Waals surface area contributed by atoms with Crippen LogP contribution >= 0.6 is 11.3 Å². The molecule has 0 aliphatic carbocycles. The molecule has 1 aromatic heterocycles. The number of hydrogen-bond acceptors (Lipinski definition) is 3. The van der Waals surface area contributed by atoms with Crippen LogP contribution < -0.4 is 0 Å². The van der Waals surface area contributed by atoms with Crippen LogP contribution in [0.3, 0.4) is 0 Å². The van der Waals surface area contributed by atoms with Crippen molar-refractivity contribution in [3.05, 3.63) is 21.9 Å². The molecule has 0 radical (unpaired) electrons. The normalized spacial score (nSPS) is 15.5. The maximum atomic E-state index is 12.5. The van der Waals surface area contributed by atoms with Gasteiger partial charge in [-0.15, -0.1) is 11.3 Å². The van der Waals surface area contributed by atoms with E-state index in [1.807, 2.05) is 16.3 Å². The van der Waals surface area contributed by atoms with E-state index in [-0.39, 0.29) is 12.5 Å². The van der Waals surface area contributed by atoms with Crippen LogP contribution in [0.2, 0.25) is 0 Å². The number of aliphatic hydroxyl groups excluding tert-OH is 1. The van der Waals surface area contributed by atoms with Gasteiger partial charge in [-0.05, 0) is 24.3 Å². The zero-order valence-electron chi connectivity index (χ0n) is 11.0.